The predicted octanol–water partition coefficient (Wildman–Crippen LogP) is 4.97. The van der Waals surface area contributed by atoms with Crippen molar-refractivity contribution >= 4 is 34.4 Å². The molecule has 4 aromatic rings. The van der Waals surface area contributed by atoms with E-state index in [9.17, 15) is 14.9 Å². The van der Waals surface area contributed by atoms with E-state index in [1.807, 2.05) is 54.6 Å². The van der Waals surface area contributed by atoms with Crippen molar-refractivity contribution in [1.82, 2.24) is 0 Å². The molecule has 0 aromatic heterocycles. The van der Waals surface area contributed by atoms with Crippen LogP contribution in [0.5, 0.6) is 0 Å². The zero-order valence-corrected chi connectivity index (χ0v) is 21.2. The van der Waals surface area contributed by atoms with Gasteiger partial charge in [-0.2, -0.15) is 0 Å². The van der Waals surface area contributed by atoms with E-state index in [1.165, 1.54) is 19.2 Å². The van der Waals surface area contributed by atoms with Crippen LogP contribution in [0.15, 0.2) is 115 Å². The molecule has 1 aliphatic carbocycles. The number of carbonyl (C=O) groups excluding carboxylic acids is 1. The van der Waals surface area contributed by atoms with Crippen molar-refractivity contribution in [3.8, 4) is 0 Å². The van der Waals surface area contributed by atoms with Crippen LogP contribution in [0, 0.1) is 10.1 Å². The standard InChI is InChI=1S/C30H26NO5P/c1-35-28(32)30(23-17-19-24(20-18-23)31(33)34)29(21-22-29)37(36-30,25-11-5-2-6-12-25,26-13-7-3-8-14-26)27-15-9-4-10-16-27/h2-20H,21-22H2,1H3. The summed E-state index contributed by atoms with van der Waals surface area (Å²) in [6.07, 6.45) is 1.49. The summed E-state index contributed by atoms with van der Waals surface area (Å²) < 4.78 is 12.9. The zero-order chi connectivity index (χ0) is 25.8. The van der Waals surface area contributed by atoms with Crippen molar-refractivity contribution in [3.05, 3.63) is 131 Å². The molecule has 0 N–H and O–H groups in total. The quantitative estimate of drug-likeness (QED) is 0.158. The summed E-state index contributed by atoms with van der Waals surface area (Å²) >= 11 is 0. The molecule has 1 atom stereocenters. The number of hydrogen-bond acceptors (Lipinski definition) is 5. The summed E-state index contributed by atoms with van der Waals surface area (Å²) in [6, 6.07) is 36.8. The van der Waals surface area contributed by atoms with Crippen molar-refractivity contribution in [2.24, 2.45) is 0 Å². The molecule has 7 heteroatoms. The molecule has 1 saturated carbocycles. The number of nitro groups is 1. The van der Waals surface area contributed by atoms with Gasteiger partial charge in [-0.15, -0.1) is 0 Å². The summed E-state index contributed by atoms with van der Waals surface area (Å²) in [5.41, 5.74) is -0.874. The fraction of sp³-hybridized carbons (Fsp3) is 0.167. The third-order valence-electron chi connectivity index (χ3n) is 8.22. The maximum absolute atomic E-state index is 13.9. The third kappa shape index (κ3) is 2.64. The van der Waals surface area contributed by atoms with Gasteiger partial charge in [-0.05, 0) is 0 Å². The summed E-state index contributed by atoms with van der Waals surface area (Å²) in [5.74, 6) is -0.484. The molecule has 0 amide bonds. The summed E-state index contributed by atoms with van der Waals surface area (Å²) in [7, 11) is 1.37. The second-order valence-electron chi connectivity index (χ2n) is 9.64. The molecule has 1 aliphatic heterocycles. The Morgan fingerprint density at radius 1 is 0.784 bits per heavy atom. The Labute approximate surface area is 215 Å². The Bertz CT molecular complexity index is 1390. The van der Waals surface area contributed by atoms with Gasteiger partial charge in [-0.25, -0.2) is 0 Å². The van der Waals surface area contributed by atoms with E-state index in [1.54, 1.807) is 12.1 Å². The van der Waals surface area contributed by atoms with Crippen LogP contribution >= 0.6 is 6.83 Å². The van der Waals surface area contributed by atoms with Crippen molar-refractivity contribution in [2.75, 3.05) is 7.11 Å². The fourth-order valence-electron chi connectivity index (χ4n) is 6.72. The van der Waals surface area contributed by atoms with Gasteiger partial charge in [0.1, 0.15) is 0 Å². The van der Waals surface area contributed by atoms with Gasteiger partial charge >= 0.3 is 215 Å². The van der Waals surface area contributed by atoms with Crippen molar-refractivity contribution in [3.63, 3.8) is 0 Å². The molecule has 1 heterocycles. The van der Waals surface area contributed by atoms with Crippen LogP contribution in [-0.4, -0.2) is 23.2 Å². The third-order valence-corrected chi connectivity index (χ3v) is 15.1. The molecular weight excluding hydrogens is 485 g/mol. The summed E-state index contributed by atoms with van der Waals surface area (Å²) in [6.45, 7) is -3.74. The SMILES string of the molecule is COC(=O)C1(c2ccc([N+](=O)[O-])cc2)OP(c2ccccc2)(c2ccccc2)(c2ccccc2)C12CC2. The van der Waals surface area contributed by atoms with Gasteiger partial charge in [0.15, 0.2) is 0 Å². The topological polar surface area (TPSA) is 78.7 Å². The molecule has 2 fully saturated rings. The molecule has 1 unspecified atom stereocenters. The second kappa shape index (κ2) is 8.07. The molecule has 6 nitrogen and oxygen atoms in total. The van der Waals surface area contributed by atoms with Crippen LogP contribution in [0.4, 0.5) is 5.69 Å². The Morgan fingerprint density at radius 2 is 1.22 bits per heavy atom. The van der Waals surface area contributed by atoms with Crippen LogP contribution in [0.3, 0.4) is 0 Å². The van der Waals surface area contributed by atoms with E-state index >= 15 is 0 Å². The fourth-order valence-corrected chi connectivity index (χ4v) is 14.4. The first-order valence-electron chi connectivity index (χ1n) is 12.2. The monoisotopic (exact) mass is 511 g/mol. The first-order valence-corrected chi connectivity index (χ1v) is 14.4. The van der Waals surface area contributed by atoms with Crippen LogP contribution in [0.25, 0.3) is 0 Å². The molecular formula is C30H26NO5P. The molecule has 1 spiro atoms. The Balaban J connectivity index is 1.73. The molecule has 186 valence electrons. The predicted molar refractivity (Wildman–Crippen MR) is 145 cm³/mol. The molecule has 2 aliphatic rings. The number of rotatable bonds is 6. The number of benzene rings is 4. The minimum absolute atomic E-state index is 0.0420. The molecule has 4 aromatic carbocycles. The summed E-state index contributed by atoms with van der Waals surface area (Å²) in [5, 5.41) is 13.9. The van der Waals surface area contributed by atoms with Crippen LogP contribution in [-0.2, 0) is 19.7 Å². The first kappa shape index (κ1) is 23.5. The average molecular weight is 512 g/mol. The number of methoxy groups -OCH3 is 1. The number of esters is 1. The Morgan fingerprint density at radius 3 is 1.57 bits per heavy atom. The molecule has 37 heavy (non-hydrogen) atoms. The average Bonchev–Trinajstić information content (AvgIpc) is 3.80. The number of nitro benzene ring substituents is 1. The number of nitrogens with zero attached hydrogens (tertiary/aromatic N) is 1. The van der Waals surface area contributed by atoms with E-state index in [-0.39, 0.29) is 5.69 Å². The molecule has 0 bridgehead atoms. The van der Waals surface area contributed by atoms with Gasteiger partial charge in [0.25, 0.3) is 0 Å². The Hall–Kier alpha value is -3.86. The van der Waals surface area contributed by atoms with Gasteiger partial charge in [-0.1, -0.05) is 0 Å². The van der Waals surface area contributed by atoms with E-state index < -0.39 is 28.5 Å². The Kier molecular flexibility index (Phi) is 5.13. The van der Waals surface area contributed by atoms with E-state index in [0.29, 0.717) is 5.56 Å². The van der Waals surface area contributed by atoms with Crippen LogP contribution < -0.4 is 15.9 Å². The van der Waals surface area contributed by atoms with Gasteiger partial charge in [0.05, 0.1) is 0 Å². The zero-order valence-electron chi connectivity index (χ0n) is 20.3. The van der Waals surface area contributed by atoms with Gasteiger partial charge in [-0.3, -0.25) is 0 Å². The van der Waals surface area contributed by atoms with Gasteiger partial charge in [0, 0.05) is 0 Å². The first-order chi connectivity index (χ1) is 18.0. The number of ether oxygens (including phenoxy) is 1. The minimum atomic E-state index is -3.74. The number of hydrogen-bond donors (Lipinski definition) is 0. The number of non-ortho nitro benzene ring substituents is 1. The van der Waals surface area contributed by atoms with Crippen molar-refractivity contribution in [1.29, 1.82) is 0 Å². The normalized spacial score (nSPS) is 23.1. The number of carbonyl (C=O) groups is 1. The summed E-state index contributed by atoms with van der Waals surface area (Å²) in [4.78, 5) is 24.8. The molecule has 1 saturated heterocycles. The molecule has 6 rings (SSSR count). The van der Waals surface area contributed by atoms with Crippen LogP contribution in [0.1, 0.15) is 18.4 Å². The van der Waals surface area contributed by atoms with E-state index in [0.717, 1.165) is 28.8 Å². The van der Waals surface area contributed by atoms with Crippen molar-refractivity contribution in [2.45, 2.75) is 23.6 Å². The van der Waals surface area contributed by atoms with Crippen LogP contribution in [0.2, 0.25) is 0 Å². The molecule has 0 radical (unpaired) electrons. The van der Waals surface area contributed by atoms with E-state index in [2.05, 4.69) is 36.4 Å². The van der Waals surface area contributed by atoms with Gasteiger partial charge in [0.2, 0.25) is 0 Å². The van der Waals surface area contributed by atoms with Crippen molar-refractivity contribution < 1.29 is 19.0 Å². The second-order valence-corrected chi connectivity index (χ2v) is 14.3. The maximum atomic E-state index is 13.9. The van der Waals surface area contributed by atoms with Gasteiger partial charge < -0.3 is 0 Å². The van der Waals surface area contributed by atoms with E-state index in [4.69, 9.17) is 9.26 Å².